The molecular weight excluding hydrogens is 230 g/mol. The minimum absolute atomic E-state index is 0.0664. The van der Waals surface area contributed by atoms with Gasteiger partial charge in [0.05, 0.1) is 5.92 Å². The lowest BCUT2D eigenvalue weighted by molar-refractivity contribution is 0.324. The molecule has 96 valence electrons. The smallest absolute Gasteiger partial charge is 0.240 e. The topological polar surface area (TPSA) is 90.7 Å². The number of nitrogens with two attached hydrogens (primary N) is 1. The molecule has 0 aliphatic heterocycles. The van der Waals surface area contributed by atoms with Crippen LogP contribution < -0.4 is 5.73 Å². The molecule has 0 aromatic carbocycles. The molecule has 2 aromatic heterocycles. The highest BCUT2D eigenvalue weighted by Crippen LogP contribution is 2.23. The van der Waals surface area contributed by atoms with Gasteiger partial charge in [0.15, 0.2) is 0 Å². The number of nitrogens with zero attached hydrogens (tertiary/aromatic N) is 4. The zero-order chi connectivity index (χ0) is 13.1. The molecule has 18 heavy (non-hydrogen) atoms. The quantitative estimate of drug-likeness (QED) is 0.881. The molecule has 0 fully saturated rings. The number of aryl methyl sites for hydroxylation is 1. The van der Waals surface area contributed by atoms with E-state index in [1.54, 1.807) is 12.4 Å². The summed E-state index contributed by atoms with van der Waals surface area (Å²) in [4.78, 5) is 12.6. The highest BCUT2D eigenvalue weighted by Gasteiger charge is 2.22. The van der Waals surface area contributed by atoms with Crippen LogP contribution >= 0.6 is 0 Å². The average molecular weight is 247 g/mol. The van der Waals surface area contributed by atoms with E-state index in [0.717, 1.165) is 5.56 Å². The maximum Gasteiger partial charge on any atom is 0.240 e. The van der Waals surface area contributed by atoms with Gasteiger partial charge >= 0.3 is 0 Å². The van der Waals surface area contributed by atoms with Crippen LogP contribution in [0.15, 0.2) is 16.9 Å². The summed E-state index contributed by atoms with van der Waals surface area (Å²) in [6, 6.07) is 0. The predicted molar refractivity (Wildman–Crippen MR) is 66.7 cm³/mol. The Balaban J connectivity index is 2.27. The highest BCUT2D eigenvalue weighted by atomic mass is 16.5. The molecule has 0 aliphatic rings. The number of aromatic nitrogens is 4. The van der Waals surface area contributed by atoms with Gasteiger partial charge in [0, 0.05) is 18.9 Å². The second-order valence-electron chi connectivity index (χ2n) is 4.63. The van der Waals surface area contributed by atoms with Gasteiger partial charge < -0.3 is 10.3 Å². The van der Waals surface area contributed by atoms with Gasteiger partial charge in [-0.15, -0.1) is 0 Å². The standard InChI is InChI=1S/C12H17N5O/c1-7(2)9(4-13)12-16-11(17-18-12)10-14-5-8(3)6-15-10/h5-7,9H,4,13H2,1-3H3. The van der Waals surface area contributed by atoms with Gasteiger partial charge in [-0.25, -0.2) is 9.97 Å². The van der Waals surface area contributed by atoms with E-state index >= 15 is 0 Å². The summed E-state index contributed by atoms with van der Waals surface area (Å²) in [6.07, 6.45) is 3.45. The third-order valence-electron chi connectivity index (χ3n) is 2.80. The van der Waals surface area contributed by atoms with E-state index in [1.165, 1.54) is 0 Å². The van der Waals surface area contributed by atoms with Gasteiger partial charge in [0.25, 0.3) is 0 Å². The normalized spacial score (nSPS) is 12.9. The van der Waals surface area contributed by atoms with E-state index in [1.807, 2.05) is 6.92 Å². The van der Waals surface area contributed by atoms with Crippen molar-refractivity contribution >= 4 is 0 Å². The third kappa shape index (κ3) is 2.53. The summed E-state index contributed by atoms with van der Waals surface area (Å²) in [6.45, 7) is 6.55. The van der Waals surface area contributed by atoms with E-state index in [2.05, 4.69) is 34.0 Å². The Morgan fingerprint density at radius 2 is 1.89 bits per heavy atom. The SMILES string of the molecule is Cc1cnc(-c2noc(C(CN)C(C)C)n2)nc1. The summed E-state index contributed by atoms with van der Waals surface area (Å²) in [5, 5.41) is 3.90. The first-order valence-corrected chi connectivity index (χ1v) is 5.94. The Bertz CT molecular complexity index is 505. The van der Waals surface area contributed by atoms with Crippen LogP contribution in [0.2, 0.25) is 0 Å². The summed E-state index contributed by atoms with van der Waals surface area (Å²) in [7, 11) is 0. The fourth-order valence-corrected chi connectivity index (χ4v) is 1.64. The third-order valence-corrected chi connectivity index (χ3v) is 2.80. The second-order valence-corrected chi connectivity index (χ2v) is 4.63. The number of hydrogen-bond donors (Lipinski definition) is 1. The maximum absolute atomic E-state index is 5.71. The first-order valence-electron chi connectivity index (χ1n) is 5.94. The van der Waals surface area contributed by atoms with Gasteiger partial charge in [-0.2, -0.15) is 4.98 Å². The molecule has 6 nitrogen and oxygen atoms in total. The molecule has 1 unspecified atom stereocenters. The van der Waals surface area contributed by atoms with Crippen molar-refractivity contribution in [3.8, 4) is 11.6 Å². The molecule has 0 saturated carbocycles. The van der Waals surface area contributed by atoms with Crippen LogP contribution in [0.25, 0.3) is 11.6 Å². The zero-order valence-electron chi connectivity index (χ0n) is 10.8. The molecule has 1 atom stereocenters. The molecule has 0 saturated heterocycles. The lowest BCUT2D eigenvalue weighted by Crippen LogP contribution is -2.18. The first-order chi connectivity index (χ1) is 8.61. The fourth-order valence-electron chi connectivity index (χ4n) is 1.64. The molecule has 6 heteroatoms. The van der Waals surface area contributed by atoms with Crippen molar-refractivity contribution in [3.05, 3.63) is 23.8 Å². The molecular formula is C12H17N5O. The van der Waals surface area contributed by atoms with Crippen LogP contribution in [0.3, 0.4) is 0 Å². The summed E-state index contributed by atoms with van der Waals surface area (Å²) >= 11 is 0. The van der Waals surface area contributed by atoms with Gasteiger partial charge in [-0.3, -0.25) is 0 Å². The molecule has 2 aromatic rings. The second kappa shape index (κ2) is 5.22. The van der Waals surface area contributed by atoms with Crippen LogP contribution in [-0.4, -0.2) is 26.7 Å². The van der Waals surface area contributed by atoms with Crippen molar-refractivity contribution in [1.82, 2.24) is 20.1 Å². The summed E-state index contributed by atoms with van der Waals surface area (Å²) in [5.74, 6) is 1.84. The van der Waals surface area contributed by atoms with E-state index in [-0.39, 0.29) is 5.92 Å². The summed E-state index contributed by atoms with van der Waals surface area (Å²) in [5.41, 5.74) is 6.70. The number of hydrogen-bond acceptors (Lipinski definition) is 6. The fraction of sp³-hybridized carbons (Fsp3) is 0.500. The van der Waals surface area contributed by atoms with Crippen molar-refractivity contribution in [3.63, 3.8) is 0 Å². The first kappa shape index (κ1) is 12.6. The van der Waals surface area contributed by atoms with Crippen molar-refractivity contribution < 1.29 is 4.52 Å². The Hall–Kier alpha value is -1.82. The summed E-state index contributed by atoms with van der Waals surface area (Å²) < 4.78 is 5.24. The van der Waals surface area contributed by atoms with E-state index < -0.39 is 0 Å². The van der Waals surface area contributed by atoms with Crippen molar-refractivity contribution in [2.45, 2.75) is 26.7 Å². The lowest BCUT2D eigenvalue weighted by Gasteiger charge is -2.13. The van der Waals surface area contributed by atoms with Crippen LogP contribution in [0.1, 0.15) is 31.2 Å². The van der Waals surface area contributed by atoms with Gasteiger partial charge in [-0.1, -0.05) is 19.0 Å². The molecule has 0 amide bonds. The predicted octanol–water partition coefficient (Wildman–Crippen LogP) is 1.53. The maximum atomic E-state index is 5.71. The van der Waals surface area contributed by atoms with Gasteiger partial charge in [0.2, 0.25) is 17.5 Å². The Kier molecular flexibility index (Phi) is 3.66. The van der Waals surface area contributed by atoms with Gasteiger partial charge in [-0.05, 0) is 18.4 Å². The average Bonchev–Trinajstić information content (AvgIpc) is 2.80. The van der Waals surface area contributed by atoms with Crippen LogP contribution in [0.4, 0.5) is 0 Å². The monoisotopic (exact) mass is 247 g/mol. The van der Waals surface area contributed by atoms with Crippen LogP contribution in [-0.2, 0) is 0 Å². The molecule has 2 N–H and O–H groups in total. The number of rotatable bonds is 4. The van der Waals surface area contributed by atoms with E-state index in [4.69, 9.17) is 10.3 Å². The lowest BCUT2D eigenvalue weighted by atomic mass is 9.96. The molecule has 0 spiro atoms. The largest absolute Gasteiger partial charge is 0.338 e. The highest BCUT2D eigenvalue weighted by molar-refractivity contribution is 5.41. The molecule has 0 aliphatic carbocycles. The Morgan fingerprint density at radius 1 is 1.22 bits per heavy atom. The zero-order valence-corrected chi connectivity index (χ0v) is 10.8. The minimum atomic E-state index is 0.0664. The van der Waals surface area contributed by atoms with E-state index in [9.17, 15) is 0 Å². The minimum Gasteiger partial charge on any atom is -0.338 e. The molecule has 0 bridgehead atoms. The van der Waals surface area contributed by atoms with Crippen molar-refractivity contribution in [2.75, 3.05) is 6.54 Å². The van der Waals surface area contributed by atoms with Gasteiger partial charge in [0.1, 0.15) is 0 Å². The van der Waals surface area contributed by atoms with E-state index in [0.29, 0.717) is 30.0 Å². The van der Waals surface area contributed by atoms with Crippen LogP contribution in [0.5, 0.6) is 0 Å². The van der Waals surface area contributed by atoms with Crippen LogP contribution in [0, 0.1) is 12.8 Å². The molecule has 2 heterocycles. The van der Waals surface area contributed by atoms with Crippen molar-refractivity contribution in [2.24, 2.45) is 11.7 Å². The Morgan fingerprint density at radius 3 is 2.44 bits per heavy atom. The molecule has 0 radical (unpaired) electrons. The molecule has 2 rings (SSSR count). The van der Waals surface area contributed by atoms with Crippen molar-refractivity contribution in [1.29, 1.82) is 0 Å². The Labute approximate surface area is 106 Å².